The molecule has 102 valence electrons. The van der Waals surface area contributed by atoms with Crippen LogP contribution in [0.5, 0.6) is 0 Å². The zero-order valence-corrected chi connectivity index (χ0v) is 9.84. The van der Waals surface area contributed by atoms with Crippen molar-refractivity contribution in [2.75, 3.05) is 0 Å². The molecule has 0 spiro atoms. The maximum atomic E-state index is 12.0. The second-order valence-electron chi connectivity index (χ2n) is 5.03. The number of carbonyl (C=O) groups is 1. The van der Waals surface area contributed by atoms with Crippen LogP contribution in [0.3, 0.4) is 0 Å². The van der Waals surface area contributed by atoms with Gasteiger partial charge in [0.1, 0.15) is 6.29 Å². The highest BCUT2D eigenvalue weighted by molar-refractivity contribution is 5.50. The normalized spacial score (nSPS) is 24.8. The van der Waals surface area contributed by atoms with E-state index >= 15 is 0 Å². The third-order valence-corrected chi connectivity index (χ3v) is 3.16. The van der Waals surface area contributed by atoms with Gasteiger partial charge in [-0.1, -0.05) is 0 Å². The van der Waals surface area contributed by atoms with Gasteiger partial charge in [0.15, 0.2) is 0 Å². The first kappa shape index (κ1) is 14.9. The summed E-state index contributed by atoms with van der Waals surface area (Å²) in [5.41, 5.74) is 0. The lowest BCUT2D eigenvalue weighted by Crippen LogP contribution is -2.35. The van der Waals surface area contributed by atoms with E-state index in [0.717, 1.165) is 0 Å². The van der Waals surface area contributed by atoms with Crippen molar-refractivity contribution in [1.29, 1.82) is 5.26 Å². The van der Waals surface area contributed by atoms with E-state index in [-0.39, 0.29) is 43.9 Å². The smallest absolute Gasteiger partial charge is 0.248 e. The summed E-state index contributed by atoms with van der Waals surface area (Å²) in [6.07, 6.45) is 0.948. The van der Waals surface area contributed by atoms with Gasteiger partial charge < -0.3 is 4.79 Å². The van der Waals surface area contributed by atoms with Crippen LogP contribution in [0.15, 0.2) is 0 Å². The zero-order chi connectivity index (χ0) is 13.8. The number of carbonyl (C=O) groups excluding carboxylic acids is 1. The number of nitrogens with zero attached hydrogens (tertiary/aromatic N) is 1. The highest BCUT2D eigenvalue weighted by Crippen LogP contribution is 2.44. The minimum Gasteiger partial charge on any atom is -0.303 e. The molecule has 18 heavy (non-hydrogen) atoms. The third kappa shape index (κ3) is 4.63. The molecule has 0 aromatic heterocycles. The molecule has 2 fully saturated rings. The maximum Gasteiger partial charge on any atom is 0.248 e. The molecule has 0 atom stereocenters. The van der Waals surface area contributed by atoms with Gasteiger partial charge in [0, 0.05) is 38.5 Å². The average molecular weight is 265 g/mol. The molecule has 0 unspecified atom stereocenters. The van der Waals surface area contributed by atoms with E-state index in [1.165, 1.54) is 0 Å². The lowest BCUT2D eigenvalue weighted by atomic mass is 9.80. The van der Waals surface area contributed by atoms with Crippen molar-refractivity contribution in [2.45, 2.75) is 50.4 Å². The second-order valence-corrected chi connectivity index (χ2v) is 5.03. The van der Waals surface area contributed by atoms with Crippen molar-refractivity contribution in [2.24, 2.45) is 11.8 Å². The molecule has 0 bridgehead atoms. The Morgan fingerprint density at radius 2 is 1.50 bits per heavy atom. The molecule has 0 aromatic rings. The van der Waals surface area contributed by atoms with Gasteiger partial charge in [-0.15, -0.1) is 0 Å². The Labute approximate surface area is 103 Å². The van der Waals surface area contributed by atoms with Crippen LogP contribution in [-0.4, -0.2) is 18.1 Å². The number of halogens is 4. The minimum atomic E-state index is -2.46. The predicted octanol–water partition coefficient (Wildman–Crippen LogP) is 3.57. The van der Waals surface area contributed by atoms with E-state index in [4.69, 9.17) is 5.26 Å². The summed E-state index contributed by atoms with van der Waals surface area (Å²) in [6.45, 7) is 0. The molecule has 2 rings (SSSR count). The number of alkyl halides is 4. The Bertz CT molecular complexity index is 321. The number of aldehydes is 1. The molecule has 0 amide bonds. The first-order valence-corrected chi connectivity index (χ1v) is 5.84. The van der Waals surface area contributed by atoms with Crippen LogP contribution in [0.2, 0.25) is 0 Å². The zero-order valence-electron chi connectivity index (χ0n) is 9.84. The van der Waals surface area contributed by atoms with E-state index < -0.39 is 11.8 Å². The fourth-order valence-electron chi connectivity index (χ4n) is 2.15. The van der Waals surface area contributed by atoms with Crippen molar-refractivity contribution in [3.8, 4) is 6.07 Å². The van der Waals surface area contributed by atoms with E-state index in [2.05, 4.69) is 0 Å². The molecule has 0 N–H and O–H groups in total. The van der Waals surface area contributed by atoms with E-state index in [1.807, 2.05) is 6.07 Å². The molecule has 2 nitrogen and oxygen atoms in total. The van der Waals surface area contributed by atoms with Gasteiger partial charge in [0.2, 0.25) is 11.8 Å². The van der Waals surface area contributed by atoms with Gasteiger partial charge in [-0.25, -0.2) is 17.6 Å². The molecule has 0 heterocycles. The van der Waals surface area contributed by atoms with Gasteiger partial charge in [-0.2, -0.15) is 5.26 Å². The first-order valence-electron chi connectivity index (χ1n) is 5.84. The summed E-state index contributed by atoms with van der Waals surface area (Å²) in [5.74, 6) is -5.00. The van der Waals surface area contributed by atoms with Crippen LogP contribution in [0, 0.1) is 23.2 Å². The Morgan fingerprint density at radius 1 is 1.06 bits per heavy atom. The van der Waals surface area contributed by atoms with Gasteiger partial charge in [0.25, 0.3) is 0 Å². The Hall–Kier alpha value is -1.12. The topological polar surface area (TPSA) is 40.9 Å². The van der Waals surface area contributed by atoms with Crippen molar-refractivity contribution >= 4 is 6.29 Å². The minimum absolute atomic E-state index is 0.0370. The van der Waals surface area contributed by atoms with Gasteiger partial charge >= 0.3 is 0 Å². The van der Waals surface area contributed by atoms with Crippen LogP contribution < -0.4 is 0 Å². The molecule has 2 aliphatic carbocycles. The summed E-state index contributed by atoms with van der Waals surface area (Å²) in [6, 6.07) is 1.87. The molecule has 2 saturated carbocycles. The quantitative estimate of drug-likeness (QED) is 0.578. The molecule has 0 aliphatic heterocycles. The molecule has 0 radical (unpaired) electrons. The molecule has 0 aromatic carbocycles. The third-order valence-electron chi connectivity index (χ3n) is 3.16. The standard InChI is InChI=1S/C6H7F2N.C6H8F2O/c2*7-6(8)3-5(4-6)1-2-9/h5H,1,3-4H2;2,5H,1,3-4H2. The number of hydrogen-bond acceptors (Lipinski definition) is 2. The second kappa shape index (κ2) is 5.68. The van der Waals surface area contributed by atoms with Crippen molar-refractivity contribution in [1.82, 2.24) is 0 Å². The number of nitriles is 1. The Balaban J connectivity index is 0.000000180. The molecule has 6 heteroatoms. The lowest BCUT2D eigenvalue weighted by Gasteiger charge is -2.33. The number of hydrogen-bond donors (Lipinski definition) is 0. The average Bonchev–Trinajstić information content (AvgIpc) is 2.14. The van der Waals surface area contributed by atoms with Gasteiger partial charge in [-0.05, 0) is 11.8 Å². The summed E-state index contributed by atoms with van der Waals surface area (Å²) in [4.78, 5) is 9.77. The van der Waals surface area contributed by atoms with E-state index in [1.54, 1.807) is 0 Å². The lowest BCUT2D eigenvalue weighted by molar-refractivity contribution is -0.123. The SMILES string of the molecule is N#CCC1CC(F)(F)C1.O=CCC1CC(F)(F)C1. The highest BCUT2D eigenvalue weighted by atomic mass is 19.3. The summed E-state index contributed by atoms with van der Waals surface area (Å²) in [7, 11) is 0. The molecular formula is C12H15F4NO. The van der Waals surface area contributed by atoms with Crippen molar-refractivity contribution in [3.05, 3.63) is 0 Å². The van der Waals surface area contributed by atoms with Crippen molar-refractivity contribution in [3.63, 3.8) is 0 Å². The molecular weight excluding hydrogens is 250 g/mol. The van der Waals surface area contributed by atoms with Gasteiger partial charge in [-0.3, -0.25) is 0 Å². The number of rotatable bonds is 3. The summed E-state index contributed by atoms with van der Waals surface area (Å²) < 4.78 is 48.0. The predicted molar refractivity (Wildman–Crippen MR) is 56.3 cm³/mol. The fourth-order valence-corrected chi connectivity index (χ4v) is 2.15. The van der Waals surface area contributed by atoms with Gasteiger partial charge in [0.05, 0.1) is 6.07 Å². The Kier molecular flexibility index (Phi) is 4.71. The monoisotopic (exact) mass is 265 g/mol. The van der Waals surface area contributed by atoms with E-state index in [9.17, 15) is 22.4 Å². The van der Waals surface area contributed by atoms with Crippen LogP contribution in [0.4, 0.5) is 17.6 Å². The summed E-state index contributed by atoms with van der Waals surface area (Å²) in [5, 5.41) is 8.08. The van der Waals surface area contributed by atoms with Crippen LogP contribution in [0.25, 0.3) is 0 Å². The van der Waals surface area contributed by atoms with Crippen LogP contribution >= 0.6 is 0 Å². The molecule has 0 saturated heterocycles. The fraction of sp³-hybridized carbons (Fsp3) is 0.833. The van der Waals surface area contributed by atoms with Crippen LogP contribution in [0.1, 0.15) is 38.5 Å². The first-order chi connectivity index (χ1) is 8.28. The summed E-state index contributed by atoms with van der Waals surface area (Å²) >= 11 is 0. The Morgan fingerprint density at radius 3 is 1.83 bits per heavy atom. The molecule has 2 aliphatic rings. The van der Waals surface area contributed by atoms with Crippen LogP contribution in [-0.2, 0) is 4.79 Å². The maximum absolute atomic E-state index is 12.0. The highest BCUT2D eigenvalue weighted by Gasteiger charge is 2.45. The van der Waals surface area contributed by atoms with E-state index in [0.29, 0.717) is 12.7 Å². The van der Waals surface area contributed by atoms with Crippen molar-refractivity contribution < 1.29 is 22.4 Å². The largest absolute Gasteiger partial charge is 0.303 e.